The van der Waals surface area contributed by atoms with Gasteiger partial charge in [0.15, 0.2) is 10.9 Å². The van der Waals surface area contributed by atoms with Gasteiger partial charge >= 0.3 is 0 Å². The lowest BCUT2D eigenvalue weighted by Crippen LogP contribution is -2.13. The number of rotatable bonds is 8. The number of benzene rings is 3. The molecule has 0 spiro atoms. The predicted molar refractivity (Wildman–Crippen MR) is 135 cm³/mol. The molecule has 0 aliphatic heterocycles. The van der Waals surface area contributed by atoms with E-state index in [1.54, 1.807) is 11.4 Å². The van der Waals surface area contributed by atoms with E-state index >= 15 is 0 Å². The van der Waals surface area contributed by atoms with E-state index in [-0.39, 0.29) is 42.9 Å². The van der Waals surface area contributed by atoms with Crippen molar-refractivity contribution in [2.75, 3.05) is 4.72 Å². The maximum absolute atomic E-state index is 12.9. The van der Waals surface area contributed by atoms with Gasteiger partial charge in [0.25, 0.3) is 21.4 Å². The van der Waals surface area contributed by atoms with Crippen LogP contribution in [-0.2, 0) is 10.0 Å². The Morgan fingerprint density at radius 2 is 1.56 bits per heavy atom. The molecule has 1 N–H and O–H groups in total. The molecule has 0 saturated carbocycles. The van der Waals surface area contributed by atoms with E-state index in [9.17, 15) is 28.6 Å². The number of hydrogen-bond donors (Lipinski definition) is 1. The standard InChI is InChI=1S/C21H12Cl2N4O7S2/c22-17-9-16(10-18(23)20(17)34-15-6-4-13(5-7-15)26(28)29)36(32,33)25-21-24-19(11-35-21)12-2-1-3-14(8-12)27(30)31/h1-11H,(H,24,25). The Labute approximate surface area is 217 Å². The van der Waals surface area contributed by atoms with Crippen molar-refractivity contribution in [2.45, 2.75) is 4.90 Å². The molecule has 15 heteroatoms. The molecule has 0 radical (unpaired) electrons. The maximum atomic E-state index is 12.9. The first-order valence-corrected chi connectivity index (χ1v) is 12.8. The summed E-state index contributed by atoms with van der Waals surface area (Å²) in [5, 5.41) is 23.1. The van der Waals surface area contributed by atoms with E-state index in [1.165, 1.54) is 42.5 Å². The Kier molecular flexibility index (Phi) is 7.08. The lowest BCUT2D eigenvalue weighted by Gasteiger charge is -2.12. The second-order valence-electron chi connectivity index (χ2n) is 7.02. The number of non-ortho nitro benzene ring substituents is 2. The number of nitro groups is 2. The van der Waals surface area contributed by atoms with Gasteiger partial charge in [-0.25, -0.2) is 13.4 Å². The van der Waals surface area contributed by atoms with Gasteiger partial charge in [-0.05, 0) is 24.3 Å². The van der Waals surface area contributed by atoms with Crippen LogP contribution in [0.1, 0.15) is 0 Å². The summed E-state index contributed by atoms with van der Waals surface area (Å²) < 4.78 is 33.7. The van der Waals surface area contributed by atoms with Gasteiger partial charge in [-0.2, -0.15) is 0 Å². The van der Waals surface area contributed by atoms with E-state index in [4.69, 9.17) is 27.9 Å². The van der Waals surface area contributed by atoms with Crippen LogP contribution in [0.2, 0.25) is 10.0 Å². The van der Waals surface area contributed by atoms with E-state index < -0.39 is 19.9 Å². The first-order valence-electron chi connectivity index (χ1n) is 9.68. The van der Waals surface area contributed by atoms with Crippen molar-refractivity contribution in [2.24, 2.45) is 0 Å². The fourth-order valence-electron chi connectivity index (χ4n) is 2.95. The van der Waals surface area contributed by atoms with Crippen LogP contribution in [0.15, 0.2) is 70.9 Å². The van der Waals surface area contributed by atoms with Crippen LogP contribution >= 0.6 is 34.5 Å². The summed E-state index contributed by atoms with van der Waals surface area (Å²) in [6.45, 7) is 0. The van der Waals surface area contributed by atoms with Crippen molar-refractivity contribution < 1.29 is 23.0 Å². The zero-order valence-corrected chi connectivity index (χ0v) is 20.8. The zero-order valence-electron chi connectivity index (χ0n) is 17.6. The average Bonchev–Trinajstić information content (AvgIpc) is 3.29. The molecule has 11 nitrogen and oxygen atoms in total. The van der Waals surface area contributed by atoms with Gasteiger partial charge < -0.3 is 4.74 Å². The summed E-state index contributed by atoms with van der Waals surface area (Å²) in [6, 6.07) is 13.2. The number of nitrogens with zero attached hydrogens (tertiary/aromatic N) is 3. The van der Waals surface area contributed by atoms with E-state index in [0.717, 1.165) is 23.5 Å². The Balaban J connectivity index is 1.55. The van der Waals surface area contributed by atoms with Gasteiger partial charge in [0, 0.05) is 35.2 Å². The van der Waals surface area contributed by atoms with Crippen LogP contribution in [-0.4, -0.2) is 23.2 Å². The molecule has 0 bridgehead atoms. The number of nitro benzene ring substituents is 2. The van der Waals surface area contributed by atoms with Crippen molar-refractivity contribution in [3.8, 4) is 22.8 Å². The maximum Gasteiger partial charge on any atom is 0.270 e. The highest BCUT2D eigenvalue weighted by Gasteiger charge is 2.22. The fourth-order valence-corrected chi connectivity index (χ4v) is 5.67. The number of sulfonamides is 1. The highest BCUT2D eigenvalue weighted by atomic mass is 35.5. The third-order valence-electron chi connectivity index (χ3n) is 4.63. The normalized spacial score (nSPS) is 11.2. The van der Waals surface area contributed by atoms with E-state index in [0.29, 0.717) is 11.3 Å². The minimum atomic E-state index is -4.16. The van der Waals surface area contributed by atoms with Crippen LogP contribution < -0.4 is 9.46 Å². The van der Waals surface area contributed by atoms with Gasteiger partial charge in [0.2, 0.25) is 0 Å². The Hall–Kier alpha value is -3.78. The molecule has 0 fully saturated rings. The fraction of sp³-hybridized carbons (Fsp3) is 0. The number of nitrogens with one attached hydrogen (secondary N) is 1. The summed E-state index contributed by atoms with van der Waals surface area (Å²) in [5.74, 6) is 0.169. The summed E-state index contributed by atoms with van der Waals surface area (Å²) in [6.07, 6.45) is 0. The van der Waals surface area contributed by atoms with E-state index in [2.05, 4.69) is 9.71 Å². The smallest absolute Gasteiger partial charge is 0.270 e. The first-order chi connectivity index (χ1) is 17.0. The van der Waals surface area contributed by atoms with Crippen LogP contribution in [0.25, 0.3) is 11.3 Å². The number of hydrogen-bond acceptors (Lipinski definition) is 9. The molecule has 0 amide bonds. The monoisotopic (exact) mass is 566 g/mol. The third kappa shape index (κ3) is 5.54. The minimum absolute atomic E-state index is 0.0231. The van der Waals surface area contributed by atoms with Gasteiger partial charge in [-0.15, -0.1) is 11.3 Å². The highest BCUT2D eigenvalue weighted by Crippen LogP contribution is 2.39. The molecule has 1 heterocycles. The van der Waals surface area contributed by atoms with Gasteiger partial charge in [-0.3, -0.25) is 25.0 Å². The summed E-state index contributed by atoms with van der Waals surface area (Å²) in [4.78, 5) is 24.6. The van der Waals surface area contributed by atoms with Crippen LogP contribution in [0.5, 0.6) is 11.5 Å². The summed E-state index contributed by atoms with van der Waals surface area (Å²) in [7, 11) is -4.16. The van der Waals surface area contributed by atoms with Gasteiger partial charge in [0.05, 0.1) is 30.5 Å². The van der Waals surface area contributed by atoms with Crippen molar-refractivity contribution in [1.82, 2.24) is 4.98 Å². The molecule has 1 aromatic heterocycles. The molecular formula is C21H12Cl2N4O7S2. The van der Waals surface area contributed by atoms with Crippen LogP contribution in [0.3, 0.4) is 0 Å². The number of ether oxygens (including phenoxy) is 1. The third-order valence-corrected chi connectivity index (χ3v) is 7.39. The van der Waals surface area contributed by atoms with Crippen LogP contribution in [0.4, 0.5) is 16.5 Å². The molecule has 36 heavy (non-hydrogen) atoms. The molecule has 3 aromatic carbocycles. The molecule has 4 aromatic rings. The Morgan fingerprint density at radius 1 is 0.917 bits per heavy atom. The van der Waals surface area contributed by atoms with Crippen molar-refractivity contribution in [3.05, 3.63) is 96.3 Å². The molecule has 0 aliphatic rings. The first kappa shape index (κ1) is 25.3. The van der Waals surface area contributed by atoms with Gasteiger partial charge in [-0.1, -0.05) is 35.3 Å². The lowest BCUT2D eigenvalue weighted by atomic mass is 10.1. The molecule has 0 aliphatic carbocycles. The topological polar surface area (TPSA) is 155 Å². The zero-order chi connectivity index (χ0) is 26.0. The second-order valence-corrected chi connectivity index (χ2v) is 10.4. The van der Waals surface area contributed by atoms with Gasteiger partial charge in [0.1, 0.15) is 5.75 Å². The van der Waals surface area contributed by atoms with Crippen molar-refractivity contribution in [1.29, 1.82) is 0 Å². The Morgan fingerprint density at radius 3 is 2.17 bits per heavy atom. The largest absolute Gasteiger partial charge is 0.454 e. The molecule has 184 valence electrons. The summed E-state index contributed by atoms with van der Waals surface area (Å²) in [5.41, 5.74) is 0.542. The average molecular weight is 567 g/mol. The molecule has 0 unspecified atom stereocenters. The SMILES string of the molecule is O=[N+]([O-])c1ccc(Oc2c(Cl)cc(S(=O)(=O)Nc3nc(-c4cccc([N+](=O)[O-])c4)cs3)cc2Cl)cc1. The quantitative estimate of drug-likeness (QED) is 0.186. The predicted octanol–water partition coefficient (Wildman–Crippen LogP) is 6.53. The molecular weight excluding hydrogens is 555 g/mol. The Bertz CT molecular complexity index is 1570. The summed E-state index contributed by atoms with van der Waals surface area (Å²) >= 11 is 13.4. The number of anilines is 1. The van der Waals surface area contributed by atoms with E-state index in [1.807, 2.05) is 0 Å². The molecule has 0 saturated heterocycles. The number of thiazole rings is 1. The van der Waals surface area contributed by atoms with Crippen molar-refractivity contribution in [3.63, 3.8) is 0 Å². The van der Waals surface area contributed by atoms with Crippen molar-refractivity contribution >= 4 is 61.1 Å². The molecule has 4 rings (SSSR count). The highest BCUT2D eigenvalue weighted by molar-refractivity contribution is 7.93. The minimum Gasteiger partial charge on any atom is -0.454 e. The number of halogens is 2. The second kappa shape index (κ2) is 10.1. The lowest BCUT2D eigenvalue weighted by molar-refractivity contribution is -0.385. The molecule has 0 atom stereocenters. The van der Waals surface area contributed by atoms with Crippen LogP contribution in [0, 0.1) is 20.2 Å². The number of aromatic nitrogens is 1.